The van der Waals surface area contributed by atoms with E-state index in [9.17, 15) is 0 Å². The molecule has 0 unspecified atom stereocenters. The van der Waals surface area contributed by atoms with Crippen LogP contribution in [-0.4, -0.2) is 6.54 Å². The molecule has 0 aliphatic heterocycles. The monoisotopic (exact) mass is 117 g/mol. The minimum absolute atomic E-state index is 1.04. The van der Waals surface area contributed by atoms with Crippen LogP contribution in [0, 0.1) is 0 Å². The first-order chi connectivity index (χ1) is 3.41. The van der Waals surface area contributed by atoms with Crippen molar-refractivity contribution in [2.75, 3.05) is 6.54 Å². The summed E-state index contributed by atoms with van der Waals surface area (Å²) in [6.45, 7) is 3.16. The molecule has 0 bridgehead atoms. The molecule has 1 nitrogen and oxygen atoms in total. The lowest BCUT2D eigenvalue weighted by atomic mass is 10.5. The van der Waals surface area contributed by atoms with Crippen molar-refractivity contribution in [3.63, 3.8) is 0 Å². The maximum Gasteiger partial charge on any atom is 0.0139 e. The lowest BCUT2D eigenvalue weighted by Gasteiger charge is -1.90. The predicted molar refractivity (Wildman–Crippen MR) is 36.4 cm³/mol. The third-order valence-electron chi connectivity index (χ3n) is 0.587. The fraction of sp³-hybridized carbons (Fsp3) is 0.600. The summed E-state index contributed by atoms with van der Waals surface area (Å²) in [4.78, 5) is 0. The van der Waals surface area contributed by atoms with Gasteiger partial charge in [-0.05, 0) is 11.8 Å². The molecule has 7 heavy (non-hydrogen) atoms. The summed E-state index contributed by atoms with van der Waals surface area (Å²) in [6, 6.07) is 0. The molecule has 0 aliphatic carbocycles. The number of hydrogen-bond acceptors (Lipinski definition) is 2. The fourth-order valence-electron chi connectivity index (χ4n) is 0.280. The molecule has 0 rings (SSSR count). The van der Waals surface area contributed by atoms with E-state index in [-0.39, 0.29) is 0 Å². The average Bonchev–Trinajstić information content (AvgIpc) is 1.69. The molecule has 2 heteroatoms. The highest BCUT2D eigenvalue weighted by Crippen LogP contribution is 1.73. The van der Waals surface area contributed by atoms with Crippen LogP contribution in [0.25, 0.3) is 0 Å². The molecule has 0 amide bonds. The van der Waals surface area contributed by atoms with Crippen molar-refractivity contribution < 1.29 is 0 Å². The van der Waals surface area contributed by atoms with Gasteiger partial charge >= 0.3 is 0 Å². The van der Waals surface area contributed by atoms with E-state index in [1.807, 2.05) is 6.20 Å². The minimum atomic E-state index is 1.04. The molecule has 0 fully saturated rings. The van der Waals surface area contributed by atoms with E-state index in [1.165, 1.54) is 0 Å². The molecular formula is C5H11NS. The minimum Gasteiger partial charge on any atom is -0.391 e. The number of hydrogen-bond donors (Lipinski definition) is 2. The van der Waals surface area contributed by atoms with E-state index >= 15 is 0 Å². The zero-order valence-corrected chi connectivity index (χ0v) is 5.41. The van der Waals surface area contributed by atoms with Crippen molar-refractivity contribution in [1.29, 1.82) is 0 Å². The first-order valence-electron chi connectivity index (χ1n) is 2.44. The van der Waals surface area contributed by atoms with E-state index in [2.05, 4.69) is 24.9 Å². The second-order valence-corrected chi connectivity index (χ2v) is 1.57. The smallest absolute Gasteiger partial charge is 0.0139 e. The highest BCUT2D eigenvalue weighted by Gasteiger charge is 1.68. The summed E-state index contributed by atoms with van der Waals surface area (Å²) in [6.07, 6.45) is 2.99. The molecular weight excluding hydrogens is 106 g/mol. The van der Waals surface area contributed by atoms with E-state index in [0.29, 0.717) is 0 Å². The summed E-state index contributed by atoms with van der Waals surface area (Å²) in [5, 5.41) is 4.72. The summed E-state index contributed by atoms with van der Waals surface area (Å²) in [5.41, 5.74) is 0. The van der Waals surface area contributed by atoms with Crippen molar-refractivity contribution in [1.82, 2.24) is 5.32 Å². The molecule has 0 aliphatic rings. The van der Waals surface area contributed by atoms with E-state index in [1.54, 1.807) is 5.41 Å². The Morgan fingerprint density at radius 1 is 1.71 bits per heavy atom. The Labute approximate surface area is 50.2 Å². The second-order valence-electron chi connectivity index (χ2n) is 1.27. The Bertz CT molecular complexity index is 52.0. The van der Waals surface area contributed by atoms with Crippen LogP contribution in [0.1, 0.15) is 13.3 Å². The van der Waals surface area contributed by atoms with Crippen molar-refractivity contribution >= 4 is 12.6 Å². The zero-order valence-electron chi connectivity index (χ0n) is 4.52. The van der Waals surface area contributed by atoms with E-state index < -0.39 is 0 Å². The number of rotatable bonds is 3. The predicted octanol–water partition coefficient (Wildman–Crippen LogP) is 1.39. The van der Waals surface area contributed by atoms with Gasteiger partial charge in [-0.2, -0.15) is 0 Å². The van der Waals surface area contributed by atoms with Crippen molar-refractivity contribution in [3.05, 3.63) is 11.6 Å². The molecule has 0 atom stereocenters. The van der Waals surface area contributed by atoms with Crippen LogP contribution in [0.2, 0.25) is 0 Å². The lowest BCUT2D eigenvalue weighted by molar-refractivity contribution is 0.810. The molecule has 0 saturated heterocycles. The molecule has 0 aromatic heterocycles. The van der Waals surface area contributed by atoms with Gasteiger partial charge in [-0.15, -0.1) is 12.6 Å². The van der Waals surface area contributed by atoms with Gasteiger partial charge in [-0.1, -0.05) is 6.92 Å². The number of thiol groups is 1. The van der Waals surface area contributed by atoms with E-state index in [4.69, 9.17) is 0 Å². The van der Waals surface area contributed by atoms with Gasteiger partial charge in [0.05, 0.1) is 0 Å². The summed E-state index contributed by atoms with van der Waals surface area (Å²) in [7, 11) is 0. The molecule has 0 spiro atoms. The summed E-state index contributed by atoms with van der Waals surface area (Å²) in [5.74, 6) is 0. The van der Waals surface area contributed by atoms with Crippen molar-refractivity contribution in [2.45, 2.75) is 13.3 Å². The Kier molecular flexibility index (Phi) is 5.80. The van der Waals surface area contributed by atoms with Crippen LogP contribution in [0.15, 0.2) is 11.6 Å². The molecule has 0 radical (unpaired) electrons. The van der Waals surface area contributed by atoms with Gasteiger partial charge in [0, 0.05) is 12.7 Å². The van der Waals surface area contributed by atoms with Gasteiger partial charge in [0.25, 0.3) is 0 Å². The largest absolute Gasteiger partial charge is 0.391 e. The molecule has 0 saturated carbocycles. The van der Waals surface area contributed by atoms with Crippen LogP contribution >= 0.6 is 12.6 Å². The SMILES string of the molecule is CCCNC=CS. The molecule has 0 aromatic carbocycles. The topological polar surface area (TPSA) is 12.0 Å². The Morgan fingerprint density at radius 3 is 2.86 bits per heavy atom. The molecule has 0 aromatic rings. The Morgan fingerprint density at radius 2 is 2.43 bits per heavy atom. The van der Waals surface area contributed by atoms with Gasteiger partial charge in [0.2, 0.25) is 0 Å². The summed E-state index contributed by atoms with van der Waals surface area (Å²) < 4.78 is 0. The van der Waals surface area contributed by atoms with Gasteiger partial charge < -0.3 is 5.32 Å². The van der Waals surface area contributed by atoms with Gasteiger partial charge in [-0.3, -0.25) is 0 Å². The zero-order chi connectivity index (χ0) is 5.54. The van der Waals surface area contributed by atoms with E-state index in [0.717, 1.165) is 13.0 Å². The van der Waals surface area contributed by atoms with Crippen LogP contribution in [0.4, 0.5) is 0 Å². The third kappa shape index (κ3) is 5.89. The third-order valence-corrected chi connectivity index (χ3v) is 0.736. The van der Waals surface area contributed by atoms with Gasteiger partial charge in [0.15, 0.2) is 0 Å². The van der Waals surface area contributed by atoms with Crippen LogP contribution in [0.3, 0.4) is 0 Å². The molecule has 42 valence electrons. The van der Waals surface area contributed by atoms with Crippen molar-refractivity contribution in [2.24, 2.45) is 0 Å². The Balaban J connectivity index is 2.69. The fourth-order valence-corrected chi connectivity index (χ4v) is 0.386. The van der Waals surface area contributed by atoms with Gasteiger partial charge in [0.1, 0.15) is 0 Å². The normalized spacial score (nSPS) is 10.0. The lowest BCUT2D eigenvalue weighted by Crippen LogP contribution is -2.03. The average molecular weight is 117 g/mol. The molecule has 1 N–H and O–H groups in total. The first kappa shape index (κ1) is 6.89. The van der Waals surface area contributed by atoms with Crippen LogP contribution in [0.5, 0.6) is 0 Å². The number of nitrogens with one attached hydrogen (secondary N) is 1. The molecule has 0 heterocycles. The maximum atomic E-state index is 3.85. The van der Waals surface area contributed by atoms with Gasteiger partial charge in [-0.25, -0.2) is 0 Å². The maximum absolute atomic E-state index is 3.85. The van der Waals surface area contributed by atoms with Crippen LogP contribution in [-0.2, 0) is 0 Å². The van der Waals surface area contributed by atoms with Crippen LogP contribution < -0.4 is 5.32 Å². The quantitative estimate of drug-likeness (QED) is 0.420. The van der Waals surface area contributed by atoms with Crippen molar-refractivity contribution in [3.8, 4) is 0 Å². The standard InChI is InChI=1S/C5H11NS/c1-2-3-6-4-5-7/h4-7H,2-3H2,1H3. The summed E-state index contributed by atoms with van der Waals surface area (Å²) >= 11 is 3.85. The second kappa shape index (κ2) is 5.89. The highest BCUT2D eigenvalue weighted by molar-refractivity contribution is 7.83. The Hall–Kier alpha value is -0.110. The first-order valence-corrected chi connectivity index (χ1v) is 2.96. The highest BCUT2D eigenvalue weighted by atomic mass is 32.1.